The molecule has 1 saturated heterocycles. The van der Waals surface area contributed by atoms with E-state index in [1.807, 2.05) is 24.8 Å². The maximum absolute atomic E-state index is 12.8. The third kappa shape index (κ3) is 5.42. The van der Waals surface area contributed by atoms with Crippen molar-refractivity contribution < 1.29 is 19.2 Å². The van der Waals surface area contributed by atoms with Crippen molar-refractivity contribution in [1.82, 2.24) is 9.97 Å². The van der Waals surface area contributed by atoms with Crippen LogP contribution in [0.25, 0.3) is 0 Å². The van der Waals surface area contributed by atoms with Crippen molar-refractivity contribution in [2.75, 3.05) is 36.5 Å². The first kappa shape index (κ1) is 22.2. The first-order valence-electron chi connectivity index (χ1n) is 10.4. The number of aryl methyl sites for hydroxylation is 2. The average molecular weight is 449 g/mol. The number of anilines is 2. The Bertz CT molecular complexity index is 1170. The summed E-state index contributed by atoms with van der Waals surface area (Å²) >= 11 is 0. The lowest BCUT2D eigenvalue weighted by atomic mass is 10.1. The minimum absolute atomic E-state index is 0.117. The molecule has 1 fully saturated rings. The lowest BCUT2D eigenvalue weighted by molar-refractivity contribution is -0.384. The Morgan fingerprint density at radius 2 is 1.82 bits per heavy atom. The summed E-state index contributed by atoms with van der Waals surface area (Å²) in [5, 5.41) is 14.4. The minimum atomic E-state index is -0.472. The smallest absolute Gasteiger partial charge is 0.322 e. The van der Waals surface area contributed by atoms with Gasteiger partial charge in [0.05, 0.1) is 18.1 Å². The van der Waals surface area contributed by atoms with Crippen LogP contribution in [0.5, 0.6) is 11.8 Å². The second-order valence-electron chi connectivity index (χ2n) is 7.58. The van der Waals surface area contributed by atoms with Gasteiger partial charge in [0, 0.05) is 47.9 Å². The highest BCUT2D eigenvalue weighted by Crippen LogP contribution is 2.30. The zero-order chi connectivity index (χ0) is 23.4. The van der Waals surface area contributed by atoms with Gasteiger partial charge < -0.3 is 19.7 Å². The molecule has 3 aromatic rings. The summed E-state index contributed by atoms with van der Waals surface area (Å²) in [6, 6.07) is 13.3. The van der Waals surface area contributed by atoms with Crippen molar-refractivity contribution in [3.05, 3.63) is 75.6 Å². The molecule has 10 nitrogen and oxygen atoms in total. The Hall–Kier alpha value is -4.05. The van der Waals surface area contributed by atoms with Gasteiger partial charge in [0.1, 0.15) is 11.4 Å². The maximum atomic E-state index is 12.8. The number of ether oxygens (including phenoxy) is 2. The molecule has 0 saturated carbocycles. The molecule has 1 aliphatic rings. The number of nitrogens with zero attached hydrogens (tertiary/aromatic N) is 4. The van der Waals surface area contributed by atoms with Crippen LogP contribution in [0.2, 0.25) is 0 Å². The third-order valence-corrected chi connectivity index (χ3v) is 5.05. The second-order valence-corrected chi connectivity index (χ2v) is 7.58. The Labute approximate surface area is 190 Å². The summed E-state index contributed by atoms with van der Waals surface area (Å²) in [6.45, 7) is 5.83. The fourth-order valence-corrected chi connectivity index (χ4v) is 3.57. The number of nitrogens with one attached hydrogen (secondary N) is 1. The molecular formula is C23H23N5O5. The topological polar surface area (TPSA) is 120 Å². The number of nitro groups is 1. The zero-order valence-electron chi connectivity index (χ0n) is 18.3. The number of morpholine rings is 1. The van der Waals surface area contributed by atoms with Crippen LogP contribution in [0, 0.1) is 24.0 Å². The standard InChI is InChI=1S/C23H23N5O5/c1-15-12-16(2)25-23(24-15)33-19-5-3-4-18(14-19)26-22(29)17-6-7-20(21(13-17)28(30)31)27-8-10-32-11-9-27/h3-7,12-14H,8-11H2,1-2H3,(H,26,29). The van der Waals surface area contributed by atoms with Crippen LogP contribution in [0.3, 0.4) is 0 Å². The summed E-state index contributed by atoms with van der Waals surface area (Å²) in [5.41, 5.74) is 2.58. The van der Waals surface area contributed by atoms with E-state index >= 15 is 0 Å². The van der Waals surface area contributed by atoms with E-state index in [1.165, 1.54) is 6.07 Å². The number of benzene rings is 2. The number of carbonyl (C=O) groups is 1. The SMILES string of the molecule is Cc1cc(C)nc(Oc2cccc(NC(=O)c3ccc(N4CCOCC4)c([N+](=O)[O-])c3)c2)n1. The third-order valence-electron chi connectivity index (χ3n) is 5.05. The van der Waals surface area contributed by atoms with Crippen LogP contribution in [-0.4, -0.2) is 47.1 Å². The molecule has 2 heterocycles. The van der Waals surface area contributed by atoms with E-state index < -0.39 is 10.8 Å². The molecule has 0 bridgehead atoms. The number of amides is 1. The van der Waals surface area contributed by atoms with Crippen molar-refractivity contribution in [3.8, 4) is 11.8 Å². The highest BCUT2D eigenvalue weighted by molar-refractivity contribution is 6.05. The predicted molar refractivity (Wildman–Crippen MR) is 122 cm³/mol. The molecular weight excluding hydrogens is 426 g/mol. The molecule has 10 heteroatoms. The van der Waals surface area contributed by atoms with E-state index in [4.69, 9.17) is 9.47 Å². The van der Waals surface area contributed by atoms with Gasteiger partial charge in [-0.25, -0.2) is 9.97 Å². The molecule has 0 atom stereocenters. The van der Waals surface area contributed by atoms with Crippen molar-refractivity contribution >= 4 is 23.0 Å². The second kappa shape index (κ2) is 9.61. The summed E-state index contributed by atoms with van der Waals surface area (Å²) < 4.78 is 11.0. The number of rotatable bonds is 6. The minimum Gasteiger partial charge on any atom is -0.424 e. The number of carbonyl (C=O) groups excluding carboxylic acids is 1. The summed E-state index contributed by atoms with van der Waals surface area (Å²) in [6.07, 6.45) is 0. The fourth-order valence-electron chi connectivity index (χ4n) is 3.57. The first-order valence-corrected chi connectivity index (χ1v) is 10.4. The Morgan fingerprint density at radius 3 is 2.52 bits per heavy atom. The lowest BCUT2D eigenvalue weighted by Gasteiger charge is -2.28. The van der Waals surface area contributed by atoms with Crippen molar-refractivity contribution in [2.45, 2.75) is 13.8 Å². The molecule has 0 radical (unpaired) electrons. The van der Waals surface area contributed by atoms with Gasteiger partial charge in [-0.1, -0.05) is 6.07 Å². The molecule has 0 spiro atoms. The molecule has 0 unspecified atom stereocenters. The van der Waals surface area contributed by atoms with Crippen molar-refractivity contribution in [3.63, 3.8) is 0 Å². The molecule has 1 amide bonds. The van der Waals surface area contributed by atoms with Crippen LogP contribution >= 0.6 is 0 Å². The van der Waals surface area contributed by atoms with Gasteiger partial charge in [-0.05, 0) is 44.2 Å². The summed E-state index contributed by atoms with van der Waals surface area (Å²) in [7, 11) is 0. The molecule has 1 N–H and O–H groups in total. The number of nitro benzene ring substituents is 1. The van der Waals surface area contributed by atoms with Gasteiger partial charge >= 0.3 is 6.01 Å². The van der Waals surface area contributed by atoms with E-state index in [0.29, 0.717) is 43.4 Å². The van der Waals surface area contributed by atoms with Crippen LogP contribution < -0.4 is 15.0 Å². The Kier molecular flexibility index (Phi) is 6.45. The molecule has 1 aromatic heterocycles. The summed E-state index contributed by atoms with van der Waals surface area (Å²) in [4.78, 5) is 34.4. The monoisotopic (exact) mass is 449 g/mol. The number of hydrogen-bond donors (Lipinski definition) is 1. The van der Waals surface area contributed by atoms with E-state index in [-0.39, 0.29) is 17.3 Å². The molecule has 33 heavy (non-hydrogen) atoms. The molecule has 0 aliphatic carbocycles. The van der Waals surface area contributed by atoms with Gasteiger partial charge in [0.25, 0.3) is 11.6 Å². The van der Waals surface area contributed by atoms with Crippen LogP contribution in [0.15, 0.2) is 48.5 Å². The van der Waals surface area contributed by atoms with Crippen molar-refractivity contribution in [1.29, 1.82) is 0 Å². The highest BCUT2D eigenvalue weighted by atomic mass is 16.6. The molecule has 4 rings (SSSR count). The van der Waals surface area contributed by atoms with Crippen LogP contribution in [-0.2, 0) is 4.74 Å². The van der Waals surface area contributed by atoms with Crippen LogP contribution in [0.4, 0.5) is 17.1 Å². The largest absolute Gasteiger partial charge is 0.424 e. The van der Waals surface area contributed by atoms with E-state index in [1.54, 1.807) is 36.4 Å². The average Bonchev–Trinajstić information content (AvgIpc) is 2.79. The molecule has 2 aromatic carbocycles. The lowest BCUT2D eigenvalue weighted by Crippen LogP contribution is -2.36. The Morgan fingerprint density at radius 1 is 1.09 bits per heavy atom. The van der Waals surface area contributed by atoms with Crippen molar-refractivity contribution in [2.24, 2.45) is 0 Å². The number of aromatic nitrogens is 2. The van der Waals surface area contributed by atoms with E-state index in [9.17, 15) is 14.9 Å². The molecule has 170 valence electrons. The maximum Gasteiger partial charge on any atom is 0.322 e. The Balaban J connectivity index is 1.51. The van der Waals surface area contributed by atoms with Gasteiger partial charge in [-0.3, -0.25) is 14.9 Å². The first-order chi connectivity index (χ1) is 15.9. The highest BCUT2D eigenvalue weighted by Gasteiger charge is 2.23. The van der Waals surface area contributed by atoms with Gasteiger partial charge in [0.15, 0.2) is 0 Å². The zero-order valence-corrected chi connectivity index (χ0v) is 18.3. The van der Waals surface area contributed by atoms with Gasteiger partial charge in [-0.2, -0.15) is 0 Å². The van der Waals surface area contributed by atoms with Gasteiger partial charge in [0.2, 0.25) is 0 Å². The quantitative estimate of drug-likeness (QED) is 0.445. The predicted octanol–water partition coefficient (Wildman–Crippen LogP) is 3.88. The van der Waals surface area contributed by atoms with Gasteiger partial charge in [-0.15, -0.1) is 0 Å². The van der Waals surface area contributed by atoms with Crippen LogP contribution in [0.1, 0.15) is 21.7 Å². The normalized spacial score (nSPS) is 13.5. The molecule has 1 aliphatic heterocycles. The van der Waals surface area contributed by atoms with E-state index in [0.717, 1.165) is 11.4 Å². The van der Waals surface area contributed by atoms with E-state index in [2.05, 4.69) is 15.3 Å². The number of hydrogen-bond acceptors (Lipinski definition) is 8. The fraction of sp³-hybridized carbons (Fsp3) is 0.261. The summed E-state index contributed by atoms with van der Waals surface area (Å²) in [5.74, 6) is -0.0159.